The molecule has 1 saturated carbocycles. The van der Waals surface area contributed by atoms with Crippen molar-refractivity contribution in [3.63, 3.8) is 0 Å². The van der Waals surface area contributed by atoms with Crippen LogP contribution in [0.1, 0.15) is 12.0 Å². The Balaban J connectivity index is 0.000000750. The summed E-state index contributed by atoms with van der Waals surface area (Å²) in [7, 11) is 0. The SMILES string of the molecule is Cl.Fc1ccc(C23CNCC2C3)cc1. The fraction of sp³-hybridized carbons (Fsp3) is 0.455. The van der Waals surface area contributed by atoms with Crippen LogP contribution in [-0.4, -0.2) is 13.1 Å². The van der Waals surface area contributed by atoms with Gasteiger partial charge in [0.25, 0.3) is 0 Å². The highest BCUT2D eigenvalue weighted by molar-refractivity contribution is 5.85. The van der Waals surface area contributed by atoms with Crippen LogP contribution >= 0.6 is 12.4 Å². The Hall–Kier alpha value is -0.600. The molecular formula is C11H13ClFN. The van der Waals surface area contributed by atoms with Crippen molar-refractivity contribution < 1.29 is 4.39 Å². The van der Waals surface area contributed by atoms with Gasteiger partial charge >= 0.3 is 0 Å². The zero-order valence-electron chi connectivity index (χ0n) is 7.79. The summed E-state index contributed by atoms with van der Waals surface area (Å²) in [6.07, 6.45) is 1.28. The van der Waals surface area contributed by atoms with E-state index in [1.165, 1.54) is 12.0 Å². The molecule has 0 spiro atoms. The maximum Gasteiger partial charge on any atom is 0.123 e. The van der Waals surface area contributed by atoms with E-state index in [2.05, 4.69) is 5.32 Å². The van der Waals surface area contributed by atoms with Gasteiger partial charge in [-0.2, -0.15) is 0 Å². The van der Waals surface area contributed by atoms with Crippen molar-refractivity contribution in [1.82, 2.24) is 5.32 Å². The molecule has 0 aromatic heterocycles. The third kappa shape index (κ3) is 1.25. The van der Waals surface area contributed by atoms with Crippen LogP contribution in [-0.2, 0) is 5.41 Å². The summed E-state index contributed by atoms with van der Waals surface area (Å²) in [5, 5.41) is 3.38. The molecule has 0 bridgehead atoms. The summed E-state index contributed by atoms with van der Waals surface area (Å²) < 4.78 is 12.7. The molecule has 2 fully saturated rings. The van der Waals surface area contributed by atoms with E-state index in [0.717, 1.165) is 19.0 Å². The number of hydrogen-bond donors (Lipinski definition) is 1. The van der Waals surface area contributed by atoms with Gasteiger partial charge in [-0.25, -0.2) is 4.39 Å². The van der Waals surface area contributed by atoms with E-state index in [4.69, 9.17) is 0 Å². The van der Waals surface area contributed by atoms with Crippen molar-refractivity contribution in [2.24, 2.45) is 5.92 Å². The Morgan fingerprint density at radius 1 is 1.29 bits per heavy atom. The molecule has 3 rings (SSSR count). The molecule has 2 aliphatic rings. The van der Waals surface area contributed by atoms with Crippen LogP contribution in [0, 0.1) is 11.7 Å². The second kappa shape index (κ2) is 3.21. The first-order chi connectivity index (χ1) is 6.31. The van der Waals surface area contributed by atoms with Crippen molar-refractivity contribution in [3.8, 4) is 0 Å². The molecule has 76 valence electrons. The number of halogens is 2. The number of hydrogen-bond acceptors (Lipinski definition) is 1. The maximum atomic E-state index is 12.7. The van der Waals surface area contributed by atoms with Crippen molar-refractivity contribution in [3.05, 3.63) is 35.6 Å². The van der Waals surface area contributed by atoms with Gasteiger partial charge in [-0.1, -0.05) is 12.1 Å². The zero-order valence-corrected chi connectivity index (χ0v) is 8.61. The number of fused-ring (bicyclic) bond motifs is 1. The Kier molecular flexibility index (Phi) is 2.28. The minimum atomic E-state index is -0.136. The molecule has 1 heterocycles. The number of rotatable bonds is 1. The van der Waals surface area contributed by atoms with Crippen molar-refractivity contribution in [2.45, 2.75) is 11.8 Å². The second-order valence-corrected chi connectivity index (χ2v) is 4.19. The lowest BCUT2D eigenvalue weighted by Gasteiger charge is -2.11. The number of piperidine rings is 1. The average molecular weight is 214 g/mol. The van der Waals surface area contributed by atoms with Crippen LogP contribution in [0.5, 0.6) is 0 Å². The lowest BCUT2D eigenvalue weighted by Crippen LogP contribution is -2.19. The van der Waals surface area contributed by atoms with Crippen LogP contribution < -0.4 is 5.32 Å². The van der Waals surface area contributed by atoms with E-state index in [-0.39, 0.29) is 18.2 Å². The van der Waals surface area contributed by atoms with E-state index in [0.29, 0.717) is 5.41 Å². The predicted octanol–water partition coefficient (Wildman–Crippen LogP) is 2.11. The van der Waals surface area contributed by atoms with Gasteiger partial charge in [-0.15, -0.1) is 12.4 Å². The predicted molar refractivity (Wildman–Crippen MR) is 56.3 cm³/mol. The highest BCUT2D eigenvalue weighted by Gasteiger charge is 2.57. The molecule has 3 heteroatoms. The summed E-state index contributed by atoms with van der Waals surface area (Å²) in [6, 6.07) is 7.00. The largest absolute Gasteiger partial charge is 0.316 e. The normalized spacial score (nSPS) is 33.4. The summed E-state index contributed by atoms with van der Waals surface area (Å²) in [5.74, 6) is 0.668. The van der Waals surface area contributed by atoms with Gasteiger partial charge in [0.1, 0.15) is 5.82 Å². The van der Waals surface area contributed by atoms with Gasteiger partial charge in [0.15, 0.2) is 0 Å². The van der Waals surface area contributed by atoms with E-state index < -0.39 is 0 Å². The molecule has 1 aliphatic carbocycles. The third-order valence-corrected chi connectivity index (χ3v) is 3.48. The third-order valence-electron chi connectivity index (χ3n) is 3.48. The molecule has 1 saturated heterocycles. The van der Waals surface area contributed by atoms with Crippen LogP contribution in [0.4, 0.5) is 4.39 Å². The van der Waals surface area contributed by atoms with Gasteiger partial charge in [0, 0.05) is 12.0 Å². The molecule has 1 aromatic carbocycles. The highest BCUT2D eigenvalue weighted by Crippen LogP contribution is 2.56. The second-order valence-electron chi connectivity index (χ2n) is 4.19. The topological polar surface area (TPSA) is 12.0 Å². The number of nitrogens with one attached hydrogen (secondary N) is 1. The molecular weight excluding hydrogens is 201 g/mol. The first-order valence-corrected chi connectivity index (χ1v) is 4.78. The van der Waals surface area contributed by atoms with E-state index >= 15 is 0 Å². The Bertz CT molecular complexity index is 338. The Morgan fingerprint density at radius 2 is 2.00 bits per heavy atom. The molecule has 0 radical (unpaired) electrons. The molecule has 2 unspecified atom stereocenters. The van der Waals surface area contributed by atoms with Crippen LogP contribution in [0.25, 0.3) is 0 Å². The standard InChI is InChI=1S/C11H12FN.ClH/c12-10-3-1-8(2-4-10)11-5-9(11)6-13-7-11;/h1-4,9,13H,5-7H2;1H. The minimum Gasteiger partial charge on any atom is -0.316 e. The fourth-order valence-electron chi connectivity index (χ4n) is 2.57. The molecule has 1 N–H and O–H groups in total. The van der Waals surface area contributed by atoms with Gasteiger partial charge in [0.2, 0.25) is 0 Å². The monoisotopic (exact) mass is 213 g/mol. The van der Waals surface area contributed by atoms with Gasteiger partial charge in [-0.05, 0) is 36.6 Å². The fourth-order valence-corrected chi connectivity index (χ4v) is 2.57. The quantitative estimate of drug-likeness (QED) is 0.754. The summed E-state index contributed by atoms with van der Waals surface area (Å²) in [5.41, 5.74) is 1.68. The summed E-state index contributed by atoms with van der Waals surface area (Å²) in [4.78, 5) is 0. The van der Waals surface area contributed by atoms with Gasteiger partial charge < -0.3 is 5.32 Å². The molecule has 1 aromatic rings. The Labute approximate surface area is 89.1 Å². The summed E-state index contributed by atoms with van der Waals surface area (Å²) in [6.45, 7) is 2.21. The van der Waals surface area contributed by atoms with Gasteiger partial charge in [-0.3, -0.25) is 0 Å². The van der Waals surface area contributed by atoms with E-state index in [1.807, 2.05) is 12.1 Å². The summed E-state index contributed by atoms with van der Waals surface area (Å²) >= 11 is 0. The molecule has 1 nitrogen and oxygen atoms in total. The molecule has 2 atom stereocenters. The molecule has 0 amide bonds. The van der Waals surface area contributed by atoms with E-state index in [1.54, 1.807) is 12.1 Å². The van der Waals surface area contributed by atoms with E-state index in [9.17, 15) is 4.39 Å². The van der Waals surface area contributed by atoms with Crippen molar-refractivity contribution in [2.75, 3.05) is 13.1 Å². The van der Waals surface area contributed by atoms with Crippen LogP contribution in [0.3, 0.4) is 0 Å². The first kappa shape index (κ1) is 9.94. The van der Waals surface area contributed by atoms with Crippen molar-refractivity contribution >= 4 is 12.4 Å². The Morgan fingerprint density at radius 3 is 2.50 bits per heavy atom. The van der Waals surface area contributed by atoms with Gasteiger partial charge in [0.05, 0.1) is 0 Å². The maximum absolute atomic E-state index is 12.7. The van der Waals surface area contributed by atoms with Crippen molar-refractivity contribution in [1.29, 1.82) is 0 Å². The van der Waals surface area contributed by atoms with Crippen LogP contribution in [0.15, 0.2) is 24.3 Å². The lowest BCUT2D eigenvalue weighted by molar-refractivity contribution is 0.622. The lowest BCUT2D eigenvalue weighted by atomic mass is 9.95. The number of benzene rings is 1. The minimum absolute atomic E-state index is 0. The average Bonchev–Trinajstić information content (AvgIpc) is 2.71. The molecule has 14 heavy (non-hydrogen) atoms. The van der Waals surface area contributed by atoms with Crippen LogP contribution in [0.2, 0.25) is 0 Å². The smallest absolute Gasteiger partial charge is 0.123 e. The first-order valence-electron chi connectivity index (χ1n) is 4.78. The highest BCUT2D eigenvalue weighted by atomic mass is 35.5. The molecule has 1 aliphatic heterocycles. The zero-order chi connectivity index (χ0) is 8.89.